The summed E-state index contributed by atoms with van der Waals surface area (Å²) in [4.78, 5) is 79.9. The lowest BCUT2D eigenvalue weighted by atomic mass is 10.0. The second-order valence-electron chi connectivity index (χ2n) is 26.2. The average Bonchev–Trinajstić information content (AvgIpc) is 3.42. The second kappa shape index (κ2) is 60.5. The number of aliphatic hydroxyl groups is 4. The standard InChI is InChI=1S/C72H136N4O14/c1-5-9-13-17-21-25-29-33-41-61(77)57-75(58-62(78)42-34-30-26-22-18-14-10-6-2)51-37-39-53-87-67(81)45-47-69(83)89-55-49-65-71(85)74-66(72(86)73-65)50-56-90-70(84)48-46-68(82)88-54-40-38-52-76(59-63(79)43-35-31-27-23-19-15-11-7-3)60-64(80)44-36-32-28-24-20-16-12-8-4/h61-66,77-80H,5-60H2,1-4H3,(H,73,86)(H,74,85)/t61?,62?,63?,64?,65-,66-/m1/s1. The van der Waals surface area contributed by atoms with Gasteiger partial charge in [0.15, 0.2) is 0 Å². The molecule has 6 N–H and O–H groups in total. The van der Waals surface area contributed by atoms with E-state index in [1.807, 2.05) is 0 Å². The molecule has 0 aliphatic carbocycles. The molecule has 0 aromatic rings. The Hall–Kier alpha value is -3.42. The van der Waals surface area contributed by atoms with Crippen molar-refractivity contribution in [1.29, 1.82) is 0 Å². The number of esters is 4. The number of ether oxygens (including phenoxy) is 4. The van der Waals surface area contributed by atoms with Gasteiger partial charge in [-0.25, -0.2) is 0 Å². The predicted molar refractivity (Wildman–Crippen MR) is 360 cm³/mol. The molecule has 528 valence electrons. The molecule has 2 amide bonds. The Bertz CT molecular complexity index is 1570. The number of hydrogen-bond donors (Lipinski definition) is 6. The van der Waals surface area contributed by atoms with Crippen molar-refractivity contribution in [2.75, 3.05) is 65.7 Å². The maximum Gasteiger partial charge on any atom is 0.306 e. The zero-order chi connectivity index (χ0) is 65.9. The molecule has 0 bridgehead atoms. The van der Waals surface area contributed by atoms with Gasteiger partial charge in [-0.1, -0.05) is 233 Å². The van der Waals surface area contributed by atoms with E-state index in [4.69, 9.17) is 18.9 Å². The number of nitrogens with one attached hydrogen (secondary N) is 2. The highest BCUT2D eigenvalue weighted by atomic mass is 16.5. The summed E-state index contributed by atoms with van der Waals surface area (Å²) in [5.41, 5.74) is 0. The Morgan fingerprint density at radius 3 is 0.800 bits per heavy atom. The van der Waals surface area contributed by atoms with Crippen molar-refractivity contribution in [1.82, 2.24) is 20.4 Å². The smallest absolute Gasteiger partial charge is 0.306 e. The summed E-state index contributed by atoms with van der Waals surface area (Å²) in [7, 11) is 0. The van der Waals surface area contributed by atoms with Gasteiger partial charge in [-0.2, -0.15) is 0 Å². The molecule has 1 fully saturated rings. The normalized spacial score (nSPS) is 15.6. The Morgan fingerprint density at radius 1 is 0.333 bits per heavy atom. The van der Waals surface area contributed by atoms with Crippen LogP contribution < -0.4 is 10.6 Å². The molecule has 18 nitrogen and oxygen atoms in total. The number of aliphatic hydroxyl groups excluding tert-OH is 4. The van der Waals surface area contributed by atoms with Crippen molar-refractivity contribution < 1.29 is 68.1 Å². The van der Waals surface area contributed by atoms with E-state index in [0.717, 1.165) is 77.0 Å². The minimum atomic E-state index is -0.948. The van der Waals surface area contributed by atoms with Crippen LogP contribution in [0.1, 0.15) is 323 Å². The highest BCUT2D eigenvalue weighted by Gasteiger charge is 2.33. The number of amides is 2. The lowest BCUT2D eigenvalue weighted by Crippen LogP contribution is -2.62. The third-order valence-electron chi connectivity index (χ3n) is 17.4. The van der Waals surface area contributed by atoms with Crippen molar-refractivity contribution >= 4 is 35.7 Å². The highest BCUT2D eigenvalue weighted by molar-refractivity contribution is 5.96. The van der Waals surface area contributed by atoms with E-state index in [2.05, 4.69) is 48.1 Å². The van der Waals surface area contributed by atoms with Gasteiger partial charge in [-0.3, -0.25) is 38.6 Å². The summed E-state index contributed by atoms with van der Waals surface area (Å²) in [5, 5.41) is 49.0. The zero-order valence-electron chi connectivity index (χ0n) is 57.8. The van der Waals surface area contributed by atoms with Crippen LogP contribution in [-0.4, -0.2) is 168 Å². The number of hydrogen-bond acceptors (Lipinski definition) is 16. The van der Waals surface area contributed by atoms with Gasteiger partial charge in [0.2, 0.25) is 11.8 Å². The van der Waals surface area contributed by atoms with Crippen molar-refractivity contribution in [3.8, 4) is 0 Å². The van der Waals surface area contributed by atoms with Crippen LogP contribution in [0.2, 0.25) is 0 Å². The number of carbonyl (C=O) groups excluding carboxylic acids is 6. The molecule has 0 spiro atoms. The number of unbranched alkanes of at least 4 members (excludes halogenated alkanes) is 30. The molecule has 4 unspecified atom stereocenters. The van der Waals surface area contributed by atoms with Gasteiger partial charge in [0.1, 0.15) is 12.1 Å². The summed E-state index contributed by atoms with van der Waals surface area (Å²) >= 11 is 0. The first kappa shape index (κ1) is 84.6. The van der Waals surface area contributed by atoms with Crippen molar-refractivity contribution in [2.45, 2.75) is 360 Å². The molecule has 1 rings (SSSR count). The van der Waals surface area contributed by atoms with Crippen LogP contribution in [0.5, 0.6) is 0 Å². The minimum absolute atomic E-state index is 0.0145. The fraction of sp³-hybridized carbons (Fsp3) is 0.917. The molecule has 6 atom stereocenters. The molecule has 0 radical (unpaired) electrons. The summed E-state index contributed by atoms with van der Waals surface area (Å²) in [6.07, 6.45) is 41.6. The number of rotatable bonds is 66. The van der Waals surface area contributed by atoms with Gasteiger partial charge >= 0.3 is 23.9 Å². The van der Waals surface area contributed by atoms with E-state index in [1.165, 1.54) is 154 Å². The molecule has 1 aliphatic rings. The minimum Gasteiger partial charge on any atom is -0.466 e. The van der Waals surface area contributed by atoms with Gasteiger partial charge < -0.3 is 50.0 Å². The van der Waals surface area contributed by atoms with Crippen LogP contribution in [0, 0.1) is 0 Å². The van der Waals surface area contributed by atoms with Crippen LogP contribution in [0.3, 0.4) is 0 Å². The molecule has 18 heteroatoms. The Labute approximate surface area is 547 Å². The molecule has 90 heavy (non-hydrogen) atoms. The predicted octanol–water partition coefficient (Wildman–Crippen LogP) is 13.2. The second-order valence-corrected chi connectivity index (χ2v) is 26.2. The van der Waals surface area contributed by atoms with Crippen molar-refractivity contribution in [3.05, 3.63) is 0 Å². The van der Waals surface area contributed by atoms with E-state index < -0.39 is 72.2 Å². The van der Waals surface area contributed by atoms with Crippen LogP contribution >= 0.6 is 0 Å². The van der Waals surface area contributed by atoms with Crippen LogP contribution in [0.15, 0.2) is 0 Å². The van der Waals surface area contributed by atoms with Crippen LogP contribution in [-0.2, 0) is 47.7 Å². The Morgan fingerprint density at radius 2 is 0.556 bits per heavy atom. The third kappa shape index (κ3) is 52.0. The largest absolute Gasteiger partial charge is 0.466 e. The molecular formula is C72H136N4O14. The lowest BCUT2D eigenvalue weighted by Gasteiger charge is -2.29. The number of nitrogens with zero attached hydrogens (tertiary/aromatic N) is 2. The summed E-state index contributed by atoms with van der Waals surface area (Å²) in [6.45, 7) is 12.3. The summed E-state index contributed by atoms with van der Waals surface area (Å²) < 4.78 is 21.3. The molecule has 1 saturated heterocycles. The highest BCUT2D eigenvalue weighted by Crippen LogP contribution is 2.18. The average molecular weight is 1280 g/mol. The van der Waals surface area contributed by atoms with Gasteiger partial charge in [0, 0.05) is 39.0 Å². The van der Waals surface area contributed by atoms with Crippen molar-refractivity contribution in [2.24, 2.45) is 0 Å². The van der Waals surface area contributed by atoms with E-state index in [-0.39, 0.29) is 65.0 Å². The zero-order valence-corrected chi connectivity index (χ0v) is 57.8. The first-order chi connectivity index (χ1) is 43.7. The molecule has 0 aromatic heterocycles. The van der Waals surface area contributed by atoms with Crippen molar-refractivity contribution in [3.63, 3.8) is 0 Å². The number of carbonyl (C=O) groups is 6. The Balaban J connectivity index is 2.36. The molecule has 0 aromatic carbocycles. The lowest BCUT2D eigenvalue weighted by molar-refractivity contribution is -0.151. The Kier molecular flexibility index (Phi) is 56.9. The van der Waals surface area contributed by atoms with Gasteiger partial charge in [0.05, 0.1) is 76.5 Å². The summed E-state index contributed by atoms with van der Waals surface area (Å²) in [6, 6.07) is -1.90. The molecular weight excluding hydrogens is 1140 g/mol. The SMILES string of the molecule is CCCCCCCCCCC(O)CN(CCCCOC(=O)CCC(=O)OCC[C@H]1NC(=O)[C@@H](CCOC(=O)CCC(=O)OCCCCN(CC(O)CCCCCCCCCC)CC(O)CCCCCCCCCC)NC1=O)CC(O)CCCCCCCCCC. The fourth-order valence-electron chi connectivity index (χ4n) is 11.7. The maximum atomic E-state index is 12.8. The first-order valence-corrected chi connectivity index (χ1v) is 37.1. The third-order valence-corrected chi connectivity index (χ3v) is 17.4. The molecule has 1 aliphatic heterocycles. The summed E-state index contributed by atoms with van der Waals surface area (Å²) in [5.74, 6) is -3.30. The van der Waals surface area contributed by atoms with E-state index in [9.17, 15) is 49.2 Å². The van der Waals surface area contributed by atoms with E-state index in [0.29, 0.717) is 65.0 Å². The molecule has 0 saturated carbocycles. The first-order valence-electron chi connectivity index (χ1n) is 37.1. The van der Waals surface area contributed by atoms with Crippen LogP contribution in [0.25, 0.3) is 0 Å². The monoisotopic (exact) mass is 1280 g/mol. The van der Waals surface area contributed by atoms with E-state index in [1.54, 1.807) is 0 Å². The van der Waals surface area contributed by atoms with E-state index >= 15 is 0 Å². The maximum absolute atomic E-state index is 12.8. The van der Waals surface area contributed by atoms with Gasteiger partial charge in [0.25, 0.3) is 0 Å². The van der Waals surface area contributed by atoms with Gasteiger partial charge in [-0.05, 0) is 64.5 Å². The van der Waals surface area contributed by atoms with Crippen LogP contribution in [0.4, 0.5) is 0 Å². The fourth-order valence-corrected chi connectivity index (χ4v) is 11.7. The van der Waals surface area contributed by atoms with Gasteiger partial charge in [-0.15, -0.1) is 0 Å². The number of piperazine rings is 1. The topological polar surface area (TPSA) is 251 Å². The quantitative estimate of drug-likeness (QED) is 0.0188. The molecule has 1 heterocycles.